The van der Waals surface area contributed by atoms with E-state index in [1.807, 2.05) is 6.07 Å². The summed E-state index contributed by atoms with van der Waals surface area (Å²) in [6.45, 7) is 8.76. The van der Waals surface area contributed by atoms with Crippen LogP contribution in [0.5, 0.6) is 0 Å². The smallest absolute Gasteiger partial charge is 0.0484 e. The number of nitrogens with zero attached hydrogens (tertiary/aromatic N) is 1. The van der Waals surface area contributed by atoms with E-state index in [-0.39, 0.29) is 0 Å². The molecule has 2 atom stereocenters. The van der Waals surface area contributed by atoms with E-state index in [1.165, 1.54) is 42.1 Å². The average Bonchev–Trinajstić information content (AvgIpc) is 3.04. The highest BCUT2D eigenvalue weighted by molar-refractivity contribution is 6.31. The summed E-state index contributed by atoms with van der Waals surface area (Å²) in [6, 6.07) is 6.24. The Hall–Kier alpha value is -0.990. The number of halogens is 1. The molecule has 1 aliphatic rings. The number of hydrogen-bond acceptors (Lipinski definition) is 1. The molecule has 126 valence electrons. The molecular weight excluding hydrogens is 304 g/mol. The van der Waals surface area contributed by atoms with Gasteiger partial charge in [-0.2, -0.15) is 0 Å². The quantitative estimate of drug-likeness (QED) is 0.762. The van der Waals surface area contributed by atoms with Gasteiger partial charge in [0.2, 0.25) is 0 Å². The van der Waals surface area contributed by atoms with Gasteiger partial charge in [-0.05, 0) is 73.2 Å². The Kier molecular flexibility index (Phi) is 4.75. The number of rotatable bonds is 5. The van der Waals surface area contributed by atoms with Crippen LogP contribution in [-0.2, 0) is 6.54 Å². The van der Waals surface area contributed by atoms with Crippen LogP contribution in [0, 0.1) is 11.3 Å². The maximum absolute atomic E-state index is 6.22. The van der Waals surface area contributed by atoms with Gasteiger partial charge in [-0.1, -0.05) is 32.4 Å². The van der Waals surface area contributed by atoms with Crippen molar-refractivity contribution in [1.82, 2.24) is 4.57 Å². The molecule has 0 aliphatic heterocycles. The molecule has 1 saturated carbocycles. The van der Waals surface area contributed by atoms with E-state index in [1.54, 1.807) is 0 Å². The Bertz CT molecular complexity index is 686. The van der Waals surface area contributed by atoms with Crippen LogP contribution in [0.4, 0.5) is 0 Å². The van der Waals surface area contributed by atoms with Crippen LogP contribution in [0.1, 0.15) is 57.9 Å². The summed E-state index contributed by atoms with van der Waals surface area (Å²) < 4.78 is 2.42. The van der Waals surface area contributed by atoms with Crippen molar-refractivity contribution in [3.63, 3.8) is 0 Å². The standard InChI is InChI=1S/C20H29ClN2/c1-14(12-22)18-13-23(19-5-4-16(21)10-17(18)19)9-7-15-6-8-20(2,3)11-15/h4-5,10,13-15H,6-9,11-12,22H2,1-3H3. The van der Waals surface area contributed by atoms with Crippen molar-refractivity contribution in [1.29, 1.82) is 0 Å². The molecule has 0 amide bonds. The van der Waals surface area contributed by atoms with Crippen molar-refractivity contribution in [3.05, 3.63) is 35.0 Å². The molecule has 0 saturated heterocycles. The lowest BCUT2D eigenvalue weighted by molar-refractivity contribution is 0.348. The molecule has 3 heteroatoms. The minimum atomic E-state index is 0.364. The Labute approximate surface area is 145 Å². The zero-order valence-electron chi connectivity index (χ0n) is 14.6. The first-order chi connectivity index (χ1) is 10.9. The fraction of sp³-hybridized carbons (Fsp3) is 0.600. The molecule has 0 spiro atoms. The van der Waals surface area contributed by atoms with Gasteiger partial charge in [0.1, 0.15) is 0 Å². The summed E-state index contributed by atoms with van der Waals surface area (Å²) in [5.74, 6) is 1.23. The molecule has 2 aromatic rings. The van der Waals surface area contributed by atoms with Gasteiger partial charge in [-0.15, -0.1) is 0 Å². The number of nitrogens with two attached hydrogens (primary N) is 1. The van der Waals surface area contributed by atoms with Crippen molar-refractivity contribution in [2.75, 3.05) is 6.54 Å². The molecule has 1 heterocycles. The number of hydrogen-bond donors (Lipinski definition) is 1. The fourth-order valence-electron chi connectivity index (χ4n) is 4.15. The van der Waals surface area contributed by atoms with Gasteiger partial charge in [0, 0.05) is 28.7 Å². The molecule has 0 bridgehead atoms. The van der Waals surface area contributed by atoms with Crippen molar-refractivity contribution in [2.45, 2.75) is 58.9 Å². The fourth-order valence-corrected chi connectivity index (χ4v) is 4.32. The first-order valence-electron chi connectivity index (χ1n) is 8.88. The highest BCUT2D eigenvalue weighted by atomic mass is 35.5. The van der Waals surface area contributed by atoms with Crippen molar-refractivity contribution in [3.8, 4) is 0 Å². The van der Waals surface area contributed by atoms with Gasteiger partial charge in [0.05, 0.1) is 0 Å². The lowest BCUT2D eigenvalue weighted by Gasteiger charge is -2.17. The summed E-state index contributed by atoms with van der Waals surface area (Å²) in [5.41, 5.74) is 9.07. The van der Waals surface area contributed by atoms with Crippen LogP contribution < -0.4 is 5.73 Å². The van der Waals surface area contributed by atoms with Gasteiger partial charge < -0.3 is 10.3 Å². The van der Waals surface area contributed by atoms with Crippen molar-refractivity contribution < 1.29 is 0 Å². The van der Waals surface area contributed by atoms with E-state index >= 15 is 0 Å². The van der Waals surface area contributed by atoms with E-state index < -0.39 is 0 Å². The van der Waals surface area contributed by atoms with Gasteiger partial charge >= 0.3 is 0 Å². The van der Waals surface area contributed by atoms with Gasteiger partial charge in [-0.25, -0.2) is 0 Å². The Balaban J connectivity index is 1.83. The molecule has 1 aromatic heterocycles. The number of aryl methyl sites for hydroxylation is 1. The molecule has 3 rings (SSSR count). The summed E-state index contributed by atoms with van der Waals surface area (Å²) in [6.07, 6.45) is 7.69. The SMILES string of the molecule is CC(CN)c1cn(CCC2CCC(C)(C)C2)c2ccc(Cl)cc12. The zero-order valence-corrected chi connectivity index (χ0v) is 15.4. The number of fused-ring (bicyclic) bond motifs is 1. The van der Waals surface area contributed by atoms with E-state index in [0.717, 1.165) is 17.5 Å². The summed E-state index contributed by atoms with van der Waals surface area (Å²) >= 11 is 6.22. The van der Waals surface area contributed by atoms with E-state index in [0.29, 0.717) is 17.9 Å². The molecule has 2 nitrogen and oxygen atoms in total. The molecular formula is C20H29ClN2. The lowest BCUT2D eigenvalue weighted by atomic mass is 9.90. The van der Waals surface area contributed by atoms with Gasteiger partial charge in [0.25, 0.3) is 0 Å². The van der Waals surface area contributed by atoms with E-state index in [2.05, 4.69) is 43.7 Å². The molecule has 0 radical (unpaired) electrons. The summed E-state index contributed by atoms with van der Waals surface area (Å²) in [5, 5.41) is 2.07. The van der Waals surface area contributed by atoms with Crippen LogP contribution >= 0.6 is 11.6 Å². The minimum Gasteiger partial charge on any atom is -0.347 e. The normalized spacial score (nSPS) is 21.9. The van der Waals surface area contributed by atoms with Crippen molar-refractivity contribution in [2.24, 2.45) is 17.1 Å². The topological polar surface area (TPSA) is 30.9 Å². The van der Waals surface area contributed by atoms with Crippen LogP contribution in [0.2, 0.25) is 5.02 Å². The first kappa shape index (κ1) is 16.9. The monoisotopic (exact) mass is 332 g/mol. The second kappa shape index (κ2) is 6.49. The third-order valence-corrected chi connectivity index (χ3v) is 5.84. The zero-order chi connectivity index (χ0) is 16.6. The molecule has 2 N–H and O–H groups in total. The second-order valence-electron chi connectivity index (χ2n) is 8.14. The highest BCUT2D eigenvalue weighted by Gasteiger charge is 2.30. The Morgan fingerprint density at radius 2 is 2.17 bits per heavy atom. The second-order valence-corrected chi connectivity index (χ2v) is 8.57. The predicted octanol–water partition coefficient (Wildman–Crippen LogP) is 5.57. The van der Waals surface area contributed by atoms with Gasteiger partial charge in [-0.3, -0.25) is 0 Å². The number of aromatic nitrogens is 1. The average molecular weight is 333 g/mol. The minimum absolute atomic E-state index is 0.364. The summed E-state index contributed by atoms with van der Waals surface area (Å²) in [4.78, 5) is 0. The molecule has 2 unspecified atom stereocenters. The van der Waals surface area contributed by atoms with Crippen LogP contribution in [0.15, 0.2) is 24.4 Å². The number of benzene rings is 1. The van der Waals surface area contributed by atoms with Crippen LogP contribution in [0.3, 0.4) is 0 Å². The maximum atomic E-state index is 6.22. The lowest BCUT2D eigenvalue weighted by Crippen LogP contribution is -2.09. The summed E-state index contributed by atoms with van der Waals surface area (Å²) in [7, 11) is 0. The Morgan fingerprint density at radius 3 is 2.83 bits per heavy atom. The maximum Gasteiger partial charge on any atom is 0.0484 e. The molecule has 1 aromatic carbocycles. The molecule has 1 aliphatic carbocycles. The van der Waals surface area contributed by atoms with Gasteiger partial charge in [0.15, 0.2) is 0 Å². The van der Waals surface area contributed by atoms with Crippen LogP contribution in [0.25, 0.3) is 10.9 Å². The molecule has 23 heavy (non-hydrogen) atoms. The van der Waals surface area contributed by atoms with E-state index in [9.17, 15) is 0 Å². The largest absolute Gasteiger partial charge is 0.347 e. The first-order valence-corrected chi connectivity index (χ1v) is 9.26. The molecule has 1 fully saturated rings. The van der Waals surface area contributed by atoms with Crippen LogP contribution in [-0.4, -0.2) is 11.1 Å². The predicted molar refractivity (Wildman–Crippen MR) is 100 cm³/mol. The Morgan fingerprint density at radius 1 is 1.39 bits per heavy atom. The highest BCUT2D eigenvalue weighted by Crippen LogP contribution is 2.42. The van der Waals surface area contributed by atoms with Crippen molar-refractivity contribution >= 4 is 22.5 Å². The third-order valence-electron chi connectivity index (χ3n) is 5.61. The van der Waals surface area contributed by atoms with E-state index in [4.69, 9.17) is 17.3 Å². The third kappa shape index (κ3) is 3.59.